The Morgan fingerprint density at radius 2 is 1.67 bits per heavy atom. The second-order valence-electron chi connectivity index (χ2n) is 6.31. The standard InChI is InChI=1S/C23H16ClNO4S/c1-28-23(27)17-13-15(29-14-7-3-2-4-8-14)11-12-18(17)25-22(26)21-20(24)16-9-5-6-10-19(16)30-21/h2-13H,1H3,(H,25,26). The fourth-order valence-corrected chi connectivity index (χ4v) is 4.35. The lowest BCUT2D eigenvalue weighted by Gasteiger charge is -2.12. The molecule has 150 valence electrons. The summed E-state index contributed by atoms with van der Waals surface area (Å²) in [7, 11) is 1.28. The Morgan fingerprint density at radius 1 is 0.933 bits per heavy atom. The van der Waals surface area contributed by atoms with E-state index in [0.717, 1.165) is 10.1 Å². The summed E-state index contributed by atoms with van der Waals surface area (Å²) in [5, 5.41) is 3.97. The maximum Gasteiger partial charge on any atom is 0.340 e. The van der Waals surface area contributed by atoms with Crippen LogP contribution in [0.25, 0.3) is 10.1 Å². The van der Waals surface area contributed by atoms with E-state index < -0.39 is 11.9 Å². The van der Waals surface area contributed by atoms with Crippen molar-refractivity contribution in [2.45, 2.75) is 0 Å². The van der Waals surface area contributed by atoms with E-state index in [1.807, 2.05) is 42.5 Å². The van der Waals surface area contributed by atoms with Crippen LogP contribution in [-0.2, 0) is 4.74 Å². The minimum atomic E-state index is -0.591. The number of amides is 1. The van der Waals surface area contributed by atoms with Gasteiger partial charge in [0.05, 0.1) is 23.4 Å². The molecule has 0 radical (unpaired) electrons. The van der Waals surface area contributed by atoms with Gasteiger partial charge in [0.1, 0.15) is 16.4 Å². The Morgan fingerprint density at radius 3 is 2.40 bits per heavy atom. The van der Waals surface area contributed by atoms with Gasteiger partial charge in [-0.2, -0.15) is 0 Å². The summed E-state index contributed by atoms with van der Waals surface area (Å²) in [5.41, 5.74) is 0.484. The van der Waals surface area contributed by atoms with Gasteiger partial charge in [-0.25, -0.2) is 4.79 Å². The Balaban J connectivity index is 1.64. The molecule has 0 atom stereocenters. The van der Waals surface area contributed by atoms with Crippen LogP contribution in [0.1, 0.15) is 20.0 Å². The van der Waals surface area contributed by atoms with Crippen LogP contribution in [0.3, 0.4) is 0 Å². The van der Waals surface area contributed by atoms with Gasteiger partial charge in [0.15, 0.2) is 0 Å². The largest absolute Gasteiger partial charge is 0.465 e. The lowest BCUT2D eigenvalue weighted by molar-refractivity contribution is 0.0601. The number of thiophene rings is 1. The average molecular weight is 438 g/mol. The number of esters is 1. The molecule has 3 aromatic carbocycles. The number of nitrogens with one attached hydrogen (secondary N) is 1. The molecular weight excluding hydrogens is 422 g/mol. The van der Waals surface area contributed by atoms with Crippen molar-refractivity contribution in [3.63, 3.8) is 0 Å². The quantitative estimate of drug-likeness (QED) is 0.367. The van der Waals surface area contributed by atoms with E-state index in [-0.39, 0.29) is 5.56 Å². The summed E-state index contributed by atoms with van der Waals surface area (Å²) >= 11 is 7.69. The fraction of sp³-hybridized carbons (Fsp3) is 0.0435. The first-order chi connectivity index (χ1) is 14.6. The maximum atomic E-state index is 12.9. The molecule has 5 nitrogen and oxygen atoms in total. The van der Waals surface area contributed by atoms with Crippen LogP contribution in [0.4, 0.5) is 5.69 Å². The Bertz CT molecular complexity index is 1240. The normalized spacial score (nSPS) is 10.6. The number of hydrogen-bond donors (Lipinski definition) is 1. The SMILES string of the molecule is COC(=O)c1cc(Oc2ccccc2)ccc1NC(=O)c1sc2ccccc2c1Cl. The van der Waals surface area contributed by atoms with Gasteiger partial charge in [-0.15, -0.1) is 11.3 Å². The molecule has 0 aliphatic rings. The molecule has 4 aromatic rings. The summed E-state index contributed by atoms with van der Waals surface area (Å²) < 4.78 is 11.6. The molecule has 0 aliphatic carbocycles. The molecule has 0 saturated carbocycles. The summed E-state index contributed by atoms with van der Waals surface area (Å²) in [6.07, 6.45) is 0. The molecule has 1 N–H and O–H groups in total. The Hall–Kier alpha value is -3.35. The van der Waals surface area contributed by atoms with Gasteiger partial charge in [-0.05, 0) is 36.4 Å². The highest BCUT2D eigenvalue weighted by Gasteiger charge is 2.20. The molecule has 0 fully saturated rings. The monoisotopic (exact) mass is 437 g/mol. The number of carbonyl (C=O) groups is 2. The second kappa shape index (κ2) is 8.57. The number of hydrogen-bond acceptors (Lipinski definition) is 5. The summed E-state index contributed by atoms with van der Waals surface area (Å²) in [6, 6.07) is 21.5. The number of halogens is 1. The number of fused-ring (bicyclic) bond motifs is 1. The number of carbonyl (C=O) groups excluding carboxylic acids is 2. The van der Waals surface area contributed by atoms with Crippen LogP contribution < -0.4 is 10.1 Å². The Kier molecular flexibility index (Phi) is 5.70. The van der Waals surface area contributed by atoms with Crippen LogP contribution >= 0.6 is 22.9 Å². The number of anilines is 1. The van der Waals surface area contributed by atoms with Crippen molar-refractivity contribution in [1.29, 1.82) is 0 Å². The van der Waals surface area contributed by atoms with E-state index in [1.54, 1.807) is 24.3 Å². The van der Waals surface area contributed by atoms with Crippen molar-refractivity contribution in [3.8, 4) is 11.5 Å². The number of para-hydroxylation sites is 1. The zero-order chi connectivity index (χ0) is 21.1. The third-order valence-electron chi connectivity index (χ3n) is 4.36. The van der Waals surface area contributed by atoms with Gasteiger partial charge in [-0.3, -0.25) is 4.79 Å². The smallest absolute Gasteiger partial charge is 0.340 e. The first kappa shape index (κ1) is 19.9. The number of methoxy groups -OCH3 is 1. The fourth-order valence-electron chi connectivity index (χ4n) is 2.94. The third-order valence-corrected chi connectivity index (χ3v) is 6.04. The maximum absolute atomic E-state index is 12.9. The van der Waals surface area contributed by atoms with E-state index in [9.17, 15) is 9.59 Å². The molecule has 7 heteroatoms. The van der Waals surface area contributed by atoms with E-state index >= 15 is 0 Å². The van der Waals surface area contributed by atoms with Gasteiger partial charge in [0, 0.05) is 10.1 Å². The van der Waals surface area contributed by atoms with Crippen molar-refractivity contribution < 1.29 is 19.1 Å². The van der Waals surface area contributed by atoms with Crippen molar-refractivity contribution in [1.82, 2.24) is 0 Å². The molecule has 1 aromatic heterocycles. The molecule has 4 rings (SSSR count). The molecule has 0 bridgehead atoms. The lowest BCUT2D eigenvalue weighted by atomic mass is 10.1. The highest BCUT2D eigenvalue weighted by molar-refractivity contribution is 7.21. The first-order valence-corrected chi connectivity index (χ1v) is 10.2. The number of ether oxygens (including phenoxy) is 2. The summed E-state index contributed by atoms with van der Waals surface area (Å²) in [5.74, 6) is 0.0796. The van der Waals surface area contributed by atoms with Crippen LogP contribution in [-0.4, -0.2) is 19.0 Å². The van der Waals surface area contributed by atoms with Crippen molar-refractivity contribution in [3.05, 3.63) is 88.3 Å². The van der Waals surface area contributed by atoms with E-state index in [1.165, 1.54) is 24.5 Å². The average Bonchev–Trinajstić information content (AvgIpc) is 3.12. The minimum absolute atomic E-state index is 0.177. The van der Waals surface area contributed by atoms with Gasteiger partial charge >= 0.3 is 5.97 Å². The minimum Gasteiger partial charge on any atom is -0.465 e. The van der Waals surface area contributed by atoms with Crippen molar-refractivity contribution in [2.75, 3.05) is 12.4 Å². The Labute approximate surface area is 181 Å². The zero-order valence-electron chi connectivity index (χ0n) is 15.8. The zero-order valence-corrected chi connectivity index (χ0v) is 17.4. The van der Waals surface area contributed by atoms with E-state index in [4.69, 9.17) is 21.1 Å². The molecule has 1 amide bonds. The molecular formula is C23H16ClNO4S. The van der Waals surface area contributed by atoms with Crippen molar-refractivity contribution >= 4 is 50.6 Å². The molecule has 1 heterocycles. The topological polar surface area (TPSA) is 64.6 Å². The van der Waals surface area contributed by atoms with Gasteiger partial charge in [-0.1, -0.05) is 48.0 Å². The van der Waals surface area contributed by atoms with Crippen LogP contribution in [0.2, 0.25) is 5.02 Å². The molecule has 0 saturated heterocycles. The number of benzene rings is 3. The summed E-state index contributed by atoms with van der Waals surface area (Å²) in [6.45, 7) is 0. The van der Waals surface area contributed by atoms with Crippen LogP contribution in [0.15, 0.2) is 72.8 Å². The van der Waals surface area contributed by atoms with Crippen molar-refractivity contribution in [2.24, 2.45) is 0 Å². The molecule has 0 aliphatic heterocycles. The predicted molar refractivity (Wildman–Crippen MR) is 119 cm³/mol. The van der Waals surface area contributed by atoms with Crippen LogP contribution in [0.5, 0.6) is 11.5 Å². The van der Waals surface area contributed by atoms with E-state index in [0.29, 0.717) is 27.1 Å². The highest BCUT2D eigenvalue weighted by atomic mass is 35.5. The summed E-state index contributed by atoms with van der Waals surface area (Å²) in [4.78, 5) is 25.6. The van der Waals surface area contributed by atoms with Gasteiger partial charge in [0.2, 0.25) is 0 Å². The number of rotatable bonds is 5. The molecule has 0 unspecified atom stereocenters. The molecule has 0 spiro atoms. The first-order valence-electron chi connectivity index (χ1n) is 9.00. The highest BCUT2D eigenvalue weighted by Crippen LogP contribution is 2.36. The second-order valence-corrected chi connectivity index (χ2v) is 7.74. The third kappa shape index (κ3) is 4.01. The van der Waals surface area contributed by atoms with E-state index in [2.05, 4.69) is 5.32 Å². The lowest BCUT2D eigenvalue weighted by Crippen LogP contribution is -2.14. The van der Waals surface area contributed by atoms with Gasteiger partial charge in [0.25, 0.3) is 5.91 Å². The predicted octanol–water partition coefficient (Wildman–Crippen LogP) is 6.39. The van der Waals surface area contributed by atoms with Crippen LogP contribution in [0, 0.1) is 0 Å². The molecule has 30 heavy (non-hydrogen) atoms. The van der Waals surface area contributed by atoms with Gasteiger partial charge < -0.3 is 14.8 Å².